The van der Waals surface area contributed by atoms with E-state index < -0.39 is 5.97 Å². The van der Waals surface area contributed by atoms with Crippen molar-refractivity contribution in [2.24, 2.45) is 0 Å². The molecular formula is C22H18O5. The number of aryl methyl sites for hydroxylation is 1. The van der Waals surface area contributed by atoms with E-state index in [-0.39, 0.29) is 23.7 Å². The third-order valence-corrected chi connectivity index (χ3v) is 4.17. The second-order valence-corrected chi connectivity index (χ2v) is 6.17. The molecule has 0 atom stereocenters. The summed E-state index contributed by atoms with van der Waals surface area (Å²) in [6.07, 6.45) is 0.211. The summed E-state index contributed by atoms with van der Waals surface area (Å²) in [5.41, 5.74) is 2.52. The Morgan fingerprint density at radius 2 is 1.37 bits per heavy atom. The van der Waals surface area contributed by atoms with Crippen LogP contribution in [0, 0.1) is 6.92 Å². The molecule has 3 aromatic rings. The molecular weight excluding hydrogens is 344 g/mol. The van der Waals surface area contributed by atoms with Crippen LogP contribution in [-0.2, 0) is 6.42 Å². The van der Waals surface area contributed by atoms with Gasteiger partial charge in [-0.25, -0.2) is 4.79 Å². The van der Waals surface area contributed by atoms with Crippen molar-refractivity contribution in [3.63, 3.8) is 0 Å². The minimum Gasteiger partial charge on any atom is -0.508 e. The van der Waals surface area contributed by atoms with Crippen molar-refractivity contribution in [2.75, 3.05) is 0 Å². The van der Waals surface area contributed by atoms with Crippen LogP contribution in [0.3, 0.4) is 0 Å². The molecule has 3 aromatic carbocycles. The molecule has 0 saturated heterocycles. The first-order chi connectivity index (χ1) is 12.9. The molecule has 0 aliphatic rings. The van der Waals surface area contributed by atoms with Crippen molar-refractivity contribution in [1.29, 1.82) is 0 Å². The number of hydrogen-bond acceptors (Lipinski definition) is 5. The molecule has 0 amide bonds. The molecule has 0 heterocycles. The Hall–Kier alpha value is -3.60. The predicted molar refractivity (Wildman–Crippen MR) is 100 cm³/mol. The zero-order valence-electron chi connectivity index (χ0n) is 14.7. The standard InChI is InChI=1S/C22H18O5/c1-14-12-20(27-22(26)16-4-9-19(24)10-5-16)11-6-17(14)13-21(25)15-2-7-18(23)8-3-15/h2-12,23-24H,13H2,1H3. The van der Waals surface area contributed by atoms with Gasteiger partial charge in [-0.15, -0.1) is 0 Å². The van der Waals surface area contributed by atoms with Crippen LogP contribution in [0.5, 0.6) is 17.2 Å². The fourth-order valence-electron chi connectivity index (χ4n) is 2.62. The smallest absolute Gasteiger partial charge is 0.343 e. The third-order valence-electron chi connectivity index (χ3n) is 4.17. The molecule has 0 saturated carbocycles. The molecule has 0 bridgehead atoms. The van der Waals surface area contributed by atoms with E-state index in [4.69, 9.17) is 4.74 Å². The van der Waals surface area contributed by atoms with Crippen molar-refractivity contribution in [3.8, 4) is 17.2 Å². The maximum absolute atomic E-state index is 12.4. The van der Waals surface area contributed by atoms with Gasteiger partial charge in [0.2, 0.25) is 0 Å². The lowest BCUT2D eigenvalue weighted by Gasteiger charge is -2.09. The topological polar surface area (TPSA) is 83.8 Å². The number of carbonyl (C=O) groups excluding carboxylic acids is 2. The van der Waals surface area contributed by atoms with Crippen LogP contribution < -0.4 is 4.74 Å². The number of phenols is 2. The second kappa shape index (κ2) is 7.74. The Morgan fingerprint density at radius 1 is 0.815 bits per heavy atom. The summed E-state index contributed by atoms with van der Waals surface area (Å²) in [4.78, 5) is 24.5. The first-order valence-corrected chi connectivity index (χ1v) is 8.35. The number of phenolic OH excluding ortho intramolecular Hbond substituents is 2. The van der Waals surface area contributed by atoms with E-state index >= 15 is 0 Å². The van der Waals surface area contributed by atoms with Gasteiger partial charge in [-0.2, -0.15) is 0 Å². The minimum absolute atomic E-state index is 0.0630. The fourth-order valence-corrected chi connectivity index (χ4v) is 2.62. The molecule has 136 valence electrons. The normalized spacial score (nSPS) is 10.4. The maximum atomic E-state index is 12.4. The summed E-state index contributed by atoms with van der Waals surface area (Å²) in [6.45, 7) is 1.84. The van der Waals surface area contributed by atoms with Crippen LogP contribution in [0.2, 0.25) is 0 Å². The summed E-state index contributed by atoms with van der Waals surface area (Å²) in [5, 5.41) is 18.6. The Balaban J connectivity index is 1.69. The summed E-state index contributed by atoms with van der Waals surface area (Å²) in [7, 11) is 0. The van der Waals surface area contributed by atoms with Gasteiger partial charge in [0.05, 0.1) is 5.56 Å². The van der Waals surface area contributed by atoms with Crippen LogP contribution in [0.25, 0.3) is 0 Å². The van der Waals surface area contributed by atoms with Gasteiger partial charge >= 0.3 is 5.97 Å². The minimum atomic E-state index is -0.526. The number of ketones is 1. The highest BCUT2D eigenvalue weighted by Gasteiger charge is 2.12. The van der Waals surface area contributed by atoms with Gasteiger partial charge in [0.1, 0.15) is 17.2 Å². The lowest BCUT2D eigenvalue weighted by atomic mass is 9.99. The van der Waals surface area contributed by atoms with E-state index in [0.717, 1.165) is 11.1 Å². The second-order valence-electron chi connectivity index (χ2n) is 6.17. The lowest BCUT2D eigenvalue weighted by Crippen LogP contribution is -2.09. The summed E-state index contributed by atoms with van der Waals surface area (Å²) in [6, 6.07) is 17.0. The SMILES string of the molecule is Cc1cc(OC(=O)c2ccc(O)cc2)ccc1CC(=O)c1ccc(O)cc1. The van der Waals surface area contributed by atoms with Gasteiger partial charge in [0.25, 0.3) is 0 Å². The number of Topliss-reactive ketones (excluding diaryl/α,β-unsaturated/α-hetero) is 1. The molecule has 3 rings (SSSR count). The first-order valence-electron chi connectivity index (χ1n) is 8.35. The third kappa shape index (κ3) is 4.52. The molecule has 0 aliphatic heterocycles. The van der Waals surface area contributed by atoms with Crippen LogP contribution in [0.1, 0.15) is 31.8 Å². The summed E-state index contributed by atoms with van der Waals surface area (Å²) < 4.78 is 5.35. The van der Waals surface area contributed by atoms with E-state index in [1.54, 1.807) is 30.3 Å². The summed E-state index contributed by atoms with van der Waals surface area (Å²) in [5.74, 6) is -0.0202. The van der Waals surface area contributed by atoms with Crippen LogP contribution in [0.4, 0.5) is 0 Å². The highest BCUT2D eigenvalue weighted by molar-refractivity contribution is 5.97. The molecule has 0 aliphatic carbocycles. The zero-order valence-corrected chi connectivity index (χ0v) is 14.7. The van der Waals surface area contributed by atoms with Gasteiger partial charge in [-0.05, 0) is 78.7 Å². The molecule has 2 N–H and O–H groups in total. The highest BCUT2D eigenvalue weighted by Crippen LogP contribution is 2.21. The van der Waals surface area contributed by atoms with Crippen molar-refractivity contribution in [2.45, 2.75) is 13.3 Å². The Bertz CT molecular complexity index is 973. The molecule has 0 radical (unpaired) electrons. The van der Waals surface area contributed by atoms with Crippen LogP contribution >= 0.6 is 0 Å². The lowest BCUT2D eigenvalue weighted by molar-refractivity contribution is 0.0734. The Kier molecular flexibility index (Phi) is 5.22. The number of esters is 1. The number of hydrogen-bond donors (Lipinski definition) is 2. The fraction of sp³-hybridized carbons (Fsp3) is 0.0909. The molecule has 0 aromatic heterocycles. The number of benzene rings is 3. The van der Waals surface area contributed by atoms with E-state index in [9.17, 15) is 19.8 Å². The highest BCUT2D eigenvalue weighted by atomic mass is 16.5. The molecule has 0 spiro atoms. The van der Waals surface area contributed by atoms with Gasteiger partial charge in [-0.1, -0.05) is 6.07 Å². The first kappa shape index (κ1) is 18.2. The zero-order chi connectivity index (χ0) is 19.4. The predicted octanol–water partition coefficient (Wildman–Crippen LogP) is 4.05. The maximum Gasteiger partial charge on any atom is 0.343 e. The number of aromatic hydroxyl groups is 2. The largest absolute Gasteiger partial charge is 0.508 e. The monoisotopic (exact) mass is 362 g/mol. The van der Waals surface area contributed by atoms with E-state index in [1.807, 2.05) is 6.92 Å². The van der Waals surface area contributed by atoms with Crippen molar-refractivity contribution < 1.29 is 24.5 Å². The number of ether oxygens (including phenoxy) is 1. The van der Waals surface area contributed by atoms with Crippen LogP contribution in [0.15, 0.2) is 66.7 Å². The van der Waals surface area contributed by atoms with Gasteiger partial charge in [0.15, 0.2) is 5.78 Å². The number of carbonyl (C=O) groups is 2. The van der Waals surface area contributed by atoms with E-state index in [1.165, 1.54) is 36.4 Å². The van der Waals surface area contributed by atoms with Gasteiger partial charge < -0.3 is 14.9 Å². The summed E-state index contributed by atoms with van der Waals surface area (Å²) >= 11 is 0. The Morgan fingerprint density at radius 3 is 1.93 bits per heavy atom. The van der Waals surface area contributed by atoms with Crippen molar-refractivity contribution in [1.82, 2.24) is 0 Å². The van der Waals surface area contributed by atoms with Gasteiger partial charge in [-0.3, -0.25) is 4.79 Å². The molecule has 0 fully saturated rings. The van der Waals surface area contributed by atoms with E-state index in [0.29, 0.717) is 16.9 Å². The average Bonchev–Trinajstić information content (AvgIpc) is 2.65. The molecule has 0 unspecified atom stereocenters. The molecule has 27 heavy (non-hydrogen) atoms. The van der Waals surface area contributed by atoms with Crippen molar-refractivity contribution >= 4 is 11.8 Å². The Labute approximate surface area is 156 Å². The van der Waals surface area contributed by atoms with Crippen LogP contribution in [-0.4, -0.2) is 22.0 Å². The molecule has 5 heteroatoms. The van der Waals surface area contributed by atoms with E-state index in [2.05, 4.69) is 0 Å². The quantitative estimate of drug-likeness (QED) is 0.406. The number of rotatable bonds is 5. The molecule has 5 nitrogen and oxygen atoms in total. The van der Waals surface area contributed by atoms with Crippen molar-refractivity contribution in [3.05, 3.63) is 89.0 Å². The van der Waals surface area contributed by atoms with Gasteiger partial charge in [0, 0.05) is 12.0 Å². The average molecular weight is 362 g/mol.